The van der Waals surface area contributed by atoms with Crippen LogP contribution in [0.25, 0.3) is 0 Å². The van der Waals surface area contributed by atoms with E-state index in [0.29, 0.717) is 11.5 Å². The maximum absolute atomic E-state index is 6.06. The van der Waals surface area contributed by atoms with Crippen molar-refractivity contribution in [3.05, 3.63) is 0 Å². The van der Waals surface area contributed by atoms with E-state index in [1.165, 1.54) is 32.1 Å². The molecule has 20 heavy (non-hydrogen) atoms. The van der Waals surface area contributed by atoms with E-state index in [-0.39, 0.29) is 0 Å². The van der Waals surface area contributed by atoms with Crippen LogP contribution in [0.3, 0.4) is 0 Å². The number of ether oxygens (including phenoxy) is 1. The fourth-order valence-corrected chi connectivity index (χ4v) is 6.90. The van der Waals surface area contributed by atoms with E-state index in [4.69, 9.17) is 4.74 Å². The highest BCUT2D eigenvalue weighted by Gasteiger charge is 2.67. The maximum Gasteiger partial charge on any atom is 0.0661 e. The summed E-state index contributed by atoms with van der Waals surface area (Å²) >= 11 is 0. The van der Waals surface area contributed by atoms with Gasteiger partial charge in [-0.1, -0.05) is 12.8 Å². The van der Waals surface area contributed by atoms with Crippen LogP contribution >= 0.6 is 0 Å². The third-order valence-corrected chi connectivity index (χ3v) is 7.82. The lowest BCUT2D eigenvalue weighted by Gasteiger charge is -2.54. The molecule has 0 aromatic rings. The minimum atomic E-state index is 0.534. The third kappa shape index (κ3) is 1.48. The summed E-state index contributed by atoms with van der Waals surface area (Å²) in [5.74, 6) is 4.37. The van der Waals surface area contributed by atoms with E-state index in [2.05, 4.69) is 12.2 Å². The van der Waals surface area contributed by atoms with Crippen LogP contribution in [0.5, 0.6) is 0 Å². The second-order valence-electron chi connectivity index (χ2n) is 8.35. The molecule has 0 aliphatic heterocycles. The SMILES string of the molecule is CCOC1CC(NC2C3C4CCC(C4)C23)C12CCCC2. The van der Waals surface area contributed by atoms with Crippen molar-refractivity contribution in [2.45, 2.75) is 76.5 Å². The summed E-state index contributed by atoms with van der Waals surface area (Å²) in [7, 11) is 0. The Morgan fingerprint density at radius 3 is 2.40 bits per heavy atom. The molecule has 0 radical (unpaired) electrons. The predicted octanol–water partition coefficient (Wildman–Crippen LogP) is 3.36. The summed E-state index contributed by atoms with van der Waals surface area (Å²) in [6.45, 7) is 3.06. The van der Waals surface area contributed by atoms with E-state index in [9.17, 15) is 0 Å². The first kappa shape index (κ1) is 12.5. The van der Waals surface area contributed by atoms with Crippen LogP contribution in [0.4, 0.5) is 0 Å². The van der Waals surface area contributed by atoms with Crippen LogP contribution in [-0.4, -0.2) is 24.8 Å². The molecule has 0 amide bonds. The van der Waals surface area contributed by atoms with E-state index >= 15 is 0 Å². The molecule has 5 fully saturated rings. The zero-order valence-electron chi connectivity index (χ0n) is 12.8. The van der Waals surface area contributed by atoms with Crippen molar-refractivity contribution in [3.8, 4) is 0 Å². The van der Waals surface area contributed by atoms with Gasteiger partial charge >= 0.3 is 0 Å². The lowest BCUT2D eigenvalue weighted by atomic mass is 9.60. The van der Waals surface area contributed by atoms with E-state index < -0.39 is 0 Å². The highest BCUT2D eigenvalue weighted by Crippen LogP contribution is 2.66. The Labute approximate surface area is 123 Å². The molecule has 5 rings (SSSR count). The molecular formula is C18H29NO. The second-order valence-corrected chi connectivity index (χ2v) is 8.35. The number of hydrogen-bond donors (Lipinski definition) is 1. The molecule has 1 spiro atoms. The van der Waals surface area contributed by atoms with Crippen LogP contribution < -0.4 is 5.32 Å². The largest absolute Gasteiger partial charge is 0.378 e. The van der Waals surface area contributed by atoms with Gasteiger partial charge < -0.3 is 10.1 Å². The Morgan fingerprint density at radius 2 is 1.75 bits per heavy atom. The minimum Gasteiger partial charge on any atom is -0.378 e. The van der Waals surface area contributed by atoms with Crippen LogP contribution in [-0.2, 0) is 4.74 Å². The molecule has 2 nitrogen and oxygen atoms in total. The third-order valence-electron chi connectivity index (χ3n) is 7.82. The zero-order chi connectivity index (χ0) is 13.3. The monoisotopic (exact) mass is 275 g/mol. The molecule has 5 aliphatic carbocycles. The van der Waals surface area contributed by atoms with Crippen molar-refractivity contribution in [2.75, 3.05) is 6.61 Å². The topological polar surface area (TPSA) is 21.3 Å². The fourth-order valence-electron chi connectivity index (χ4n) is 6.90. The Bertz CT molecular complexity index is 386. The summed E-state index contributed by atoms with van der Waals surface area (Å²) in [4.78, 5) is 0. The quantitative estimate of drug-likeness (QED) is 0.849. The molecule has 5 aliphatic rings. The first-order valence-corrected chi connectivity index (χ1v) is 9.21. The summed E-state index contributed by atoms with van der Waals surface area (Å²) in [6, 6.07) is 1.70. The number of nitrogens with one attached hydrogen (secondary N) is 1. The summed E-state index contributed by atoms with van der Waals surface area (Å²) < 4.78 is 6.06. The summed E-state index contributed by atoms with van der Waals surface area (Å²) in [5.41, 5.74) is 0.534. The van der Waals surface area contributed by atoms with Gasteiger partial charge in [-0.15, -0.1) is 0 Å². The highest BCUT2D eigenvalue weighted by molar-refractivity contribution is 5.20. The van der Waals surface area contributed by atoms with Crippen molar-refractivity contribution >= 4 is 0 Å². The molecule has 1 N–H and O–H groups in total. The summed E-state index contributed by atoms with van der Waals surface area (Å²) in [5, 5.41) is 4.13. The van der Waals surface area contributed by atoms with Gasteiger partial charge in [0.1, 0.15) is 0 Å². The van der Waals surface area contributed by atoms with Crippen molar-refractivity contribution < 1.29 is 4.74 Å². The summed E-state index contributed by atoms with van der Waals surface area (Å²) in [6.07, 6.45) is 12.2. The standard InChI is InChI=1S/C18H29NO/c1-2-20-14-10-13(18(14)7-3-4-8-18)19-17-15-11-5-6-12(9-11)16(15)17/h11-17,19H,2-10H2,1H3. The van der Waals surface area contributed by atoms with Crippen molar-refractivity contribution in [1.82, 2.24) is 5.32 Å². The second kappa shape index (κ2) is 4.23. The van der Waals surface area contributed by atoms with Crippen molar-refractivity contribution in [1.29, 1.82) is 0 Å². The average Bonchev–Trinajstić information content (AvgIpc) is 2.92. The average molecular weight is 275 g/mol. The molecule has 2 bridgehead atoms. The normalized spacial score (nSPS) is 54.1. The molecule has 0 saturated heterocycles. The Kier molecular flexibility index (Phi) is 2.63. The molecule has 6 unspecified atom stereocenters. The van der Waals surface area contributed by atoms with E-state index in [1.54, 1.807) is 19.3 Å². The molecule has 0 aromatic carbocycles. The molecule has 112 valence electrons. The lowest BCUT2D eigenvalue weighted by molar-refractivity contribution is -0.131. The van der Waals surface area contributed by atoms with Gasteiger partial charge in [-0.3, -0.25) is 0 Å². The van der Waals surface area contributed by atoms with E-state index in [0.717, 1.165) is 42.4 Å². The first-order chi connectivity index (χ1) is 9.83. The van der Waals surface area contributed by atoms with Gasteiger partial charge in [0, 0.05) is 24.1 Å². The Hall–Kier alpha value is -0.0800. The van der Waals surface area contributed by atoms with Gasteiger partial charge in [0.15, 0.2) is 0 Å². The maximum atomic E-state index is 6.06. The number of fused-ring (bicyclic) bond motifs is 5. The minimum absolute atomic E-state index is 0.534. The van der Waals surface area contributed by atoms with Gasteiger partial charge in [-0.05, 0) is 69.1 Å². The van der Waals surface area contributed by atoms with Crippen LogP contribution in [0.1, 0.15) is 58.3 Å². The van der Waals surface area contributed by atoms with E-state index in [1.807, 2.05) is 0 Å². The Balaban J connectivity index is 1.27. The van der Waals surface area contributed by atoms with Gasteiger partial charge in [0.05, 0.1) is 6.10 Å². The van der Waals surface area contributed by atoms with Crippen LogP contribution in [0.2, 0.25) is 0 Å². The molecule has 6 atom stereocenters. The van der Waals surface area contributed by atoms with Crippen LogP contribution in [0.15, 0.2) is 0 Å². The van der Waals surface area contributed by atoms with Gasteiger partial charge in [-0.2, -0.15) is 0 Å². The van der Waals surface area contributed by atoms with Crippen molar-refractivity contribution in [3.63, 3.8) is 0 Å². The predicted molar refractivity (Wildman–Crippen MR) is 79.5 cm³/mol. The molecule has 0 heterocycles. The molecule has 5 saturated carbocycles. The van der Waals surface area contributed by atoms with Gasteiger partial charge in [0.2, 0.25) is 0 Å². The highest BCUT2D eigenvalue weighted by atomic mass is 16.5. The number of hydrogen-bond acceptors (Lipinski definition) is 2. The lowest BCUT2D eigenvalue weighted by Crippen LogP contribution is -2.63. The first-order valence-electron chi connectivity index (χ1n) is 9.21. The number of rotatable bonds is 4. The Morgan fingerprint density at radius 1 is 1.05 bits per heavy atom. The van der Waals surface area contributed by atoms with Crippen molar-refractivity contribution in [2.24, 2.45) is 29.1 Å². The van der Waals surface area contributed by atoms with Crippen LogP contribution in [0, 0.1) is 29.1 Å². The molecule has 0 aromatic heterocycles. The fraction of sp³-hybridized carbons (Fsp3) is 1.00. The van der Waals surface area contributed by atoms with Gasteiger partial charge in [-0.25, -0.2) is 0 Å². The molecular weight excluding hydrogens is 246 g/mol. The zero-order valence-corrected chi connectivity index (χ0v) is 12.8. The molecule has 2 heteroatoms. The smallest absolute Gasteiger partial charge is 0.0661 e. The van der Waals surface area contributed by atoms with Gasteiger partial charge in [0.25, 0.3) is 0 Å².